The molecule has 0 heterocycles. The molecule has 0 saturated heterocycles. The minimum absolute atomic E-state index is 0.0466. The molecule has 0 aliphatic heterocycles. The molecule has 1 aromatic rings. The van der Waals surface area contributed by atoms with Gasteiger partial charge in [0.2, 0.25) is 0 Å². The van der Waals surface area contributed by atoms with Gasteiger partial charge in [-0.15, -0.1) is 0 Å². The number of rotatable bonds is 9. The molecule has 0 aliphatic rings. The Balaban J connectivity index is 2.38. The van der Waals surface area contributed by atoms with Gasteiger partial charge in [0, 0.05) is 19.6 Å². The standard InChI is InChI=1S/C15H24N2O3/c1-13-5-4-6-14(11-13)20-10-9-17(12-15(18)19)8-7-16(2)3/h4-6,11H,7-10,12H2,1-3H3,(H,18,19). The molecule has 5 nitrogen and oxygen atoms in total. The summed E-state index contributed by atoms with van der Waals surface area (Å²) in [6.45, 7) is 4.71. The number of nitrogens with zero attached hydrogens (tertiary/aromatic N) is 2. The van der Waals surface area contributed by atoms with Crippen LogP contribution in [0.4, 0.5) is 0 Å². The van der Waals surface area contributed by atoms with Crippen LogP contribution < -0.4 is 4.74 Å². The predicted molar refractivity (Wildman–Crippen MR) is 79.3 cm³/mol. The lowest BCUT2D eigenvalue weighted by molar-refractivity contribution is -0.138. The van der Waals surface area contributed by atoms with Gasteiger partial charge in [0.15, 0.2) is 0 Å². The molecule has 0 aliphatic carbocycles. The Hall–Kier alpha value is -1.59. The summed E-state index contributed by atoms with van der Waals surface area (Å²) in [6.07, 6.45) is 0. The fourth-order valence-electron chi connectivity index (χ4n) is 1.80. The number of aliphatic carboxylic acids is 1. The minimum Gasteiger partial charge on any atom is -0.492 e. The minimum atomic E-state index is -0.806. The van der Waals surface area contributed by atoms with Crippen molar-refractivity contribution in [3.63, 3.8) is 0 Å². The van der Waals surface area contributed by atoms with E-state index in [4.69, 9.17) is 9.84 Å². The van der Waals surface area contributed by atoms with Gasteiger partial charge < -0.3 is 14.7 Å². The molecule has 0 amide bonds. The molecule has 1 rings (SSSR count). The molecule has 0 spiro atoms. The van der Waals surface area contributed by atoms with E-state index in [9.17, 15) is 4.79 Å². The fourth-order valence-corrected chi connectivity index (χ4v) is 1.80. The second-order valence-electron chi connectivity index (χ2n) is 5.14. The number of hydrogen-bond acceptors (Lipinski definition) is 4. The first-order valence-electron chi connectivity index (χ1n) is 6.75. The maximum atomic E-state index is 10.8. The van der Waals surface area contributed by atoms with Crippen molar-refractivity contribution in [3.8, 4) is 5.75 Å². The number of likely N-dealkylation sites (N-methyl/N-ethyl adjacent to an activating group) is 1. The number of carboxylic acids is 1. The third-order valence-corrected chi connectivity index (χ3v) is 2.89. The average Bonchev–Trinajstić information content (AvgIpc) is 2.35. The normalized spacial score (nSPS) is 11.1. The summed E-state index contributed by atoms with van der Waals surface area (Å²) in [6, 6.07) is 7.85. The Morgan fingerprint density at radius 1 is 1.25 bits per heavy atom. The summed E-state index contributed by atoms with van der Waals surface area (Å²) in [4.78, 5) is 14.8. The van der Waals surface area contributed by atoms with Gasteiger partial charge in [0.25, 0.3) is 0 Å². The van der Waals surface area contributed by atoms with Gasteiger partial charge >= 0.3 is 5.97 Å². The number of benzene rings is 1. The Morgan fingerprint density at radius 3 is 2.60 bits per heavy atom. The van der Waals surface area contributed by atoms with E-state index in [0.717, 1.165) is 24.4 Å². The van der Waals surface area contributed by atoms with E-state index >= 15 is 0 Å². The summed E-state index contributed by atoms with van der Waals surface area (Å²) >= 11 is 0. The van der Waals surface area contributed by atoms with Crippen molar-refractivity contribution in [2.45, 2.75) is 6.92 Å². The average molecular weight is 280 g/mol. The molecule has 0 aromatic heterocycles. The lowest BCUT2D eigenvalue weighted by atomic mass is 10.2. The van der Waals surface area contributed by atoms with Gasteiger partial charge in [-0.05, 0) is 38.7 Å². The van der Waals surface area contributed by atoms with Gasteiger partial charge in [-0.25, -0.2) is 0 Å². The van der Waals surface area contributed by atoms with Gasteiger partial charge in [0.05, 0.1) is 6.54 Å². The van der Waals surface area contributed by atoms with E-state index in [1.54, 1.807) is 0 Å². The second kappa shape index (κ2) is 8.55. The second-order valence-corrected chi connectivity index (χ2v) is 5.14. The van der Waals surface area contributed by atoms with Crippen LogP contribution in [0.25, 0.3) is 0 Å². The molecular formula is C15H24N2O3. The summed E-state index contributed by atoms with van der Waals surface area (Å²) in [5, 5.41) is 8.91. The Bertz CT molecular complexity index is 421. The Kier molecular flexibility index (Phi) is 7.04. The molecule has 20 heavy (non-hydrogen) atoms. The van der Waals surface area contributed by atoms with Gasteiger partial charge in [-0.1, -0.05) is 12.1 Å². The van der Waals surface area contributed by atoms with Crippen molar-refractivity contribution in [3.05, 3.63) is 29.8 Å². The summed E-state index contributed by atoms with van der Waals surface area (Å²) < 4.78 is 5.66. The smallest absolute Gasteiger partial charge is 0.317 e. The summed E-state index contributed by atoms with van der Waals surface area (Å²) in [5.74, 6) is 0.0206. The highest BCUT2D eigenvalue weighted by Gasteiger charge is 2.10. The maximum Gasteiger partial charge on any atom is 0.317 e. The summed E-state index contributed by atoms with van der Waals surface area (Å²) in [5.41, 5.74) is 1.15. The van der Waals surface area contributed by atoms with Crippen LogP contribution in [0.2, 0.25) is 0 Å². The van der Waals surface area contributed by atoms with E-state index < -0.39 is 5.97 Å². The van der Waals surface area contributed by atoms with E-state index in [1.165, 1.54) is 0 Å². The zero-order chi connectivity index (χ0) is 15.0. The highest BCUT2D eigenvalue weighted by molar-refractivity contribution is 5.69. The van der Waals surface area contributed by atoms with Crippen LogP contribution in [0, 0.1) is 6.92 Å². The number of hydrogen-bond donors (Lipinski definition) is 1. The zero-order valence-electron chi connectivity index (χ0n) is 12.5. The van der Waals surface area contributed by atoms with Crippen molar-refractivity contribution in [2.75, 3.05) is 46.9 Å². The molecule has 0 atom stereocenters. The quantitative estimate of drug-likeness (QED) is 0.739. The molecule has 0 radical (unpaired) electrons. The van der Waals surface area contributed by atoms with E-state index in [1.807, 2.05) is 55.1 Å². The van der Waals surface area contributed by atoms with Crippen molar-refractivity contribution >= 4 is 5.97 Å². The number of ether oxygens (including phenoxy) is 1. The van der Waals surface area contributed by atoms with Crippen molar-refractivity contribution < 1.29 is 14.6 Å². The monoisotopic (exact) mass is 280 g/mol. The van der Waals surface area contributed by atoms with Crippen LogP contribution >= 0.6 is 0 Å². The van der Waals surface area contributed by atoms with Crippen LogP contribution in [-0.4, -0.2) is 67.8 Å². The molecule has 112 valence electrons. The van der Waals surface area contributed by atoms with Gasteiger partial charge in [-0.2, -0.15) is 0 Å². The lowest BCUT2D eigenvalue weighted by Crippen LogP contribution is -2.38. The first-order chi connectivity index (χ1) is 9.47. The van der Waals surface area contributed by atoms with E-state index in [2.05, 4.69) is 0 Å². The summed E-state index contributed by atoms with van der Waals surface area (Å²) in [7, 11) is 3.95. The third kappa shape index (κ3) is 7.11. The first kappa shape index (κ1) is 16.5. The largest absolute Gasteiger partial charge is 0.492 e. The molecule has 0 unspecified atom stereocenters. The predicted octanol–water partition coefficient (Wildman–Crippen LogP) is 1.32. The molecule has 1 N–H and O–H groups in total. The van der Waals surface area contributed by atoms with Crippen molar-refractivity contribution in [2.24, 2.45) is 0 Å². The SMILES string of the molecule is Cc1cccc(OCCN(CCN(C)C)CC(=O)O)c1. The Labute approximate surface area is 120 Å². The zero-order valence-corrected chi connectivity index (χ0v) is 12.5. The van der Waals surface area contributed by atoms with Gasteiger partial charge in [0.1, 0.15) is 12.4 Å². The van der Waals surface area contributed by atoms with E-state index in [-0.39, 0.29) is 6.54 Å². The third-order valence-electron chi connectivity index (χ3n) is 2.89. The van der Waals surface area contributed by atoms with E-state index in [0.29, 0.717) is 13.2 Å². The maximum absolute atomic E-state index is 10.8. The lowest BCUT2D eigenvalue weighted by Gasteiger charge is -2.22. The highest BCUT2D eigenvalue weighted by atomic mass is 16.5. The Morgan fingerprint density at radius 2 is 2.00 bits per heavy atom. The van der Waals surface area contributed by atoms with Crippen LogP contribution in [0.15, 0.2) is 24.3 Å². The van der Waals surface area contributed by atoms with Crippen LogP contribution in [0.1, 0.15) is 5.56 Å². The molecule has 0 saturated carbocycles. The molecule has 0 fully saturated rings. The first-order valence-corrected chi connectivity index (χ1v) is 6.75. The number of aryl methyl sites for hydroxylation is 1. The van der Waals surface area contributed by atoms with Crippen LogP contribution in [0.5, 0.6) is 5.75 Å². The van der Waals surface area contributed by atoms with Crippen molar-refractivity contribution in [1.29, 1.82) is 0 Å². The highest BCUT2D eigenvalue weighted by Crippen LogP contribution is 2.12. The van der Waals surface area contributed by atoms with Gasteiger partial charge in [-0.3, -0.25) is 9.69 Å². The number of carboxylic acid groups (broad SMARTS) is 1. The number of carbonyl (C=O) groups is 1. The molecule has 5 heteroatoms. The van der Waals surface area contributed by atoms with Crippen LogP contribution in [0.3, 0.4) is 0 Å². The molecule has 0 bridgehead atoms. The fraction of sp³-hybridized carbons (Fsp3) is 0.533. The van der Waals surface area contributed by atoms with Crippen molar-refractivity contribution in [1.82, 2.24) is 9.80 Å². The topological polar surface area (TPSA) is 53.0 Å². The van der Waals surface area contributed by atoms with Crippen LogP contribution in [-0.2, 0) is 4.79 Å². The molecule has 1 aromatic carbocycles. The molecular weight excluding hydrogens is 256 g/mol.